The number of pyridine rings is 1. The highest BCUT2D eigenvalue weighted by Crippen LogP contribution is 2.30. The summed E-state index contributed by atoms with van der Waals surface area (Å²) in [6.45, 7) is 0.754. The predicted octanol–water partition coefficient (Wildman–Crippen LogP) is 2.47. The predicted molar refractivity (Wildman–Crippen MR) is 121 cm³/mol. The molecule has 0 atom stereocenters. The van der Waals surface area contributed by atoms with Crippen LogP contribution in [0.4, 0.5) is 13.2 Å². The molecule has 2 aliphatic rings. The summed E-state index contributed by atoms with van der Waals surface area (Å²) in [4.78, 5) is 8.32. The molecular formula is C18H27F3IN5O3S. The lowest BCUT2D eigenvalue weighted by molar-refractivity contribution is -0.0494. The number of piperidine rings is 1. The van der Waals surface area contributed by atoms with Gasteiger partial charge in [0, 0.05) is 45.0 Å². The first-order valence-corrected chi connectivity index (χ1v) is 11.2. The van der Waals surface area contributed by atoms with Gasteiger partial charge in [0.25, 0.3) is 0 Å². The number of nitrogens with zero attached hydrogens (tertiary/aromatic N) is 3. The molecule has 0 bridgehead atoms. The molecule has 0 amide bonds. The quantitative estimate of drug-likeness (QED) is 0.294. The zero-order valence-electron chi connectivity index (χ0n) is 17.1. The Kier molecular flexibility index (Phi) is 9.18. The van der Waals surface area contributed by atoms with Crippen LogP contribution in [0.5, 0.6) is 5.88 Å². The molecule has 1 saturated heterocycles. The highest BCUT2D eigenvalue weighted by Gasteiger charge is 2.50. The van der Waals surface area contributed by atoms with Crippen molar-refractivity contribution >= 4 is 40.0 Å². The molecule has 2 N–H and O–H groups in total. The summed E-state index contributed by atoms with van der Waals surface area (Å²) in [6, 6.07) is 3.53. The number of guanidine groups is 1. The van der Waals surface area contributed by atoms with Crippen LogP contribution in [-0.2, 0) is 16.6 Å². The van der Waals surface area contributed by atoms with E-state index in [1.54, 1.807) is 13.2 Å². The Morgan fingerprint density at radius 3 is 2.55 bits per heavy atom. The number of ether oxygens (including phenoxy) is 1. The minimum Gasteiger partial charge on any atom is -0.477 e. The third-order valence-corrected chi connectivity index (χ3v) is 6.70. The van der Waals surface area contributed by atoms with E-state index in [1.807, 2.05) is 12.1 Å². The van der Waals surface area contributed by atoms with Gasteiger partial charge in [0.2, 0.25) is 5.88 Å². The van der Waals surface area contributed by atoms with Crippen molar-refractivity contribution < 1.29 is 26.3 Å². The lowest BCUT2D eigenvalue weighted by atomic mass is 10.1. The second kappa shape index (κ2) is 11.0. The number of rotatable bonds is 7. The largest absolute Gasteiger partial charge is 0.511 e. The second-order valence-corrected chi connectivity index (χ2v) is 9.38. The van der Waals surface area contributed by atoms with Gasteiger partial charge in [-0.15, -0.1) is 24.0 Å². The summed E-state index contributed by atoms with van der Waals surface area (Å²) < 4.78 is 67.2. The van der Waals surface area contributed by atoms with E-state index in [4.69, 9.17) is 4.74 Å². The molecule has 1 aromatic rings. The molecule has 1 aliphatic carbocycles. The fourth-order valence-electron chi connectivity index (χ4n) is 3.09. The second-order valence-electron chi connectivity index (χ2n) is 7.45. The number of hydrogen-bond donors (Lipinski definition) is 2. The number of sulfonamides is 1. The number of hydrogen-bond acceptors (Lipinski definition) is 5. The Morgan fingerprint density at radius 1 is 1.29 bits per heavy atom. The summed E-state index contributed by atoms with van der Waals surface area (Å²) in [5.41, 5.74) is -4.32. The molecule has 0 radical (unpaired) electrons. The normalized spacial score (nSPS) is 18.9. The number of nitrogens with one attached hydrogen (secondary N) is 2. The number of alkyl halides is 3. The van der Waals surface area contributed by atoms with E-state index < -0.39 is 15.5 Å². The summed E-state index contributed by atoms with van der Waals surface area (Å²) >= 11 is 0. The van der Waals surface area contributed by atoms with E-state index >= 15 is 0 Å². The highest BCUT2D eigenvalue weighted by molar-refractivity contribution is 14.0. The Bertz CT molecular complexity index is 857. The zero-order valence-corrected chi connectivity index (χ0v) is 20.2. The van der Waals surface area contributed by atoms with Crippen LogP contribution in [0.1, 0.15) is 31.2 Å². The van der Waals surface area contributed by atoms with Crippen molar-refractivity contribution in [1.29, 1.82) is 0 Å². The van der Waals surface area contributed by atoms with E-state index in [9.17, 15) is 21.6 Å². The first kappa shape index (κ1) is 25.9. The molecule has 31 heavy (non-hydrogen) atoms. The molecule has 3 rings (SSSR count). The van der Waals surface area contributed by atoms with Crippen molar-refractivity contribution in [2.45, 2.75) is 43.8 Å². The van der Waals surface area contributed by atoms with Gasteiger partial charge in [-0.2, -0.15) is 17.5 Å². The van der Waals surface area contributed by atoms with Crippen LogP contribution in [-0.4, -0.2) is 62.0 Å². The standard InChI is InChI=1S/C18H26F3N5O3S.HI/c1-22-17(24-11-14-4-7-23-16(10-14)29-12-13-2-3-13)25-15-5-8-26(9-6-15)30(27,28)18(19,20)21;/h4,7,10,13,15H,2-3,5-6,8-9,11-12H2,1H3,(H2,22,24,25);1H. The average molecular weight is 577 g/mol. The van der Waals surface area contributed by atoms with Gasteiger partial charge >= 0.3 is 15.5 Å². The molecule has 0 spiro atoms. The topological polar surface area (TPSA) is 95.9 Å². The Labute approximate surface area is 197 Å². The maximum atomic E-state index is 12.7. The maximum absolute atomic E-state index is 12.7. The van der Waals surface area contributed by atoms with Crippen LogP contribution < -0.4 is 15.4 Å². The van der Waals surface area contributed by atoms with E-state index in [1.165, 1.54) is 12.8 Å². The van der Waals surface area contributed by atoms with E-state index in [0.29, 0.717) is 35.2 Å². The minimum atomic E-state index is -5.27. The van der Waals surface area contributed by atoms with Gasteiger partial charge < -0.3 is 15.4 Å². The van der Waals surface area contributed by atoms with Gasteiger partial charge in [-0.1, -0.05) is 0 Å². The van der Waals surface area contributed by atoms with Crippen LogP contribution in [0.15, 0.2) is 23.3 Å². The first-order valence-electron chi connectivity index (χ1n) is 9.80. The molecular weight excluding hydrogens is 550 g/mol. The monoisotopic (exact) mass is 577 g/mol. The van der Waals surface area contributed by atoms with Gasteiger partial charge in [0.15, 0.2) is 5.96 Å². The van der Waals surface area contributed by atoms with Crippen molar-refractivity contribution in [3.63, 3.8) is 0 Å². The first-order chi connectivity index (χ1) is 14.2. The lowest BCUT2D eigenvalue weighted by Gasteiger charge is -2.32. The number of aliphatic imine (C=N–C) groups is 1. The number of halogens is 4. The molecule has 2 heterocycles. The molecule has 1 aromatic heterocycles. The summed E-state index contributed by atoms with van der Waals surface area (Å²) in [7, 11) is -3.68. The lowest BCUT2D eigenvalue weighted by Crippen LogP contribution is -2.51. The third-order valence-electron chi connectivity index (χ3n) is 5.07. The molecule has 1 saturated carbocycles. The van der Waals surface area contributed by atoms with Crippen molar-refractivity contribution in [3.05, 3.63) is 23.9 Å². The molecule has 8 nitrogen and oxygen atoms in total. The van der Waals surface area contributed by atoms with Crippen LogP contribution in [0.2, 0.25) is 0 Å². The minimum absolute atomic E-state index is 0. The molecule has 0 aromatic carbocycles. The van der Waals surface area contributed by atoms with Crippen molar-refractivity contribution in [3.8, 4) is 5.88 Å². The van der Waals surface area contributed by atoms with Gasteiger partial charge in [0.05, 0.1) is 6.61 Å². The van der Waals surface area contributed by atoms with Crippen LogP contribution in [0.25, 0.3) is 0 Å². The number of aromatic nitrogens is 1. The SMILES string of the molecule is CN=C(NCc1ccnc(OCC2CC2)c1)NC1CCN(S(=O)(=O)C(F)(F)F)CC1.I. The van der Waals surface area contributed by atoms with E-state index in [0.717, 1.165) is 5.56 Å². The van der Waals surface area contributed by atoms with Crippen molar-refractivity contribution in [2.75, 3.05) is 26.7 Å². The van der Waals surface area contributed by atoms with Crippen molar-refractivity contribution in [2.24, 2.45) is 10.9 Å². The van der Waals surface area contributed by atoms with Gasteiger partial charge in [-0.25, -0.2) is 13.4 Å². The highest BCUT2D eigenvalue weighted by atomic mass is 127. The molecule has 1 aliphatic heterocycles. The average Bonchev–Trinajstić information content (AvgIpc) is 3.54. The Morgan fingerprint density at radius 2 is 1.97 bits per heavy atom. The van der Waals surface area contributed by atoms with Crippen molar-refractivity contribution in [1.82, 2.24) is 19.9 Å². The smallest absolute Gasteiger partial charge is 0.477 e. The van der Waals surface area contributed by atoms with E-state index in [2.05, 4.69) is 20.6 Å². The van der Waals surface area contributed by atoms with Crippen LogP contribution >= 0.6 is 24.0 Å². The Hall–Kier alpha value is -1.35. The summed E-state index contributed by atoms with van der Waals surface area (Å²) in [5.74, 6) is 1.70. The molecule has 2 fully saturated rings. The zero-order chi connectivity index (χ0) is 21.8. The molecule has 176 valence electrons. The Balaban J connectivity index is 0.00000341. The molecule has 0 unspecified atom stereocenters. The fraction of sp³-hybridized carbons (Fsp3) is 0.667. The van der Waals surface area contributed by atoms with Gasteiger partial charge in [-0.05, 0) is 43.2 Å². The molecule has 13 heteroatoms. The summed E-state index contributed by atoms with van der Waals surface area (Å²) in [6.07, 6.45) is 4.58. The fourth-order valence-corrected chi connectivity index (χ4v) is 4.07. The maximum Gasteiger partial charge on any atom is 0.511 e. The van der Waals surface area contributed by atoms with Crippen LogP contribution in [0.3, 0.4) is 0 Å². The van der Waals surface area contributed by atoms with Gasteiger partial charge in [-0.3, -0.25) is 4.99 Å². The van der Waals surface area contributed by atoms with Crippen LogP contribution in [0, 0.1) is 5.92 Å². The van der Waals surface area contributed by atoms with E-state index in [-0.39, 0.29) is 55.9 Å². The summed E-state index contributed by atoms with van der Waals surface area (Å²) in [5, 5.41) is 6.29. The van der Waals surface area contributed by atoms with Gasteiger partial charge in [0.1, 0.15) is 0 Å². The third kappa shape index (κ3) is 7.34.